The molecule has 2 aliphatic rings. The molecule has 2 atom stereocenters. The first-order valence-corrected chi connectivity index (χ1v) is 14.3. The Balaban J connectivity index is 1.57. The summed E-state index contributed by atoms with van der Waals surface area (Å²) in [5.74, 6) is 0.477. The summed E-state index contributed by atoms with van der Waals surface area (Å²) in [5.41, 5.74) is 1.62. The minimum Gasteiger partial charge on any atom is -0.485 e. The Morgan fingerprint density at radius 3 is 2.67 bits per heavy atom. The van der Waals surface area contributed by atoms with Gasteiger partial charge in [-0.15, -0.1) is 0 Å². The van der Waals surface area contributed by atoms with Crippen molar-refractivity contribution in [1.29, 1.82) is 5.26 Å². The quantitative estimate of drug-likeness (QED) is 0.183. The minimum atomic E-state index is -3.92. The summed E-state index contributed by atoms with van der Waals surface area (Å²) in [4.78, 5) is 4.70. The van der Waals surface area contributed by atoms with E-state index in [2.05, 4.69) is 15.6 Å². The fourth-order valence-electron chi connectivity index (χ4n) is 4.88. The number of hydrogen-bond acceptors (Lipinski definition) is 6. The lowest BCUT2D eigenvalue weighted by Crippen LogP contribution is -2.49. The molecule has 0 amide bonds. The summed E-state index contributed by atoms with van der Waals surface area (Å²) in [6.45, 7) is 3.82. The van der Waals surface area contributed by atoms with Crippen LogP contribution in [0.4, 0.5) is 11.4 Å². The maximum absolute atomic E-state index is 13.9. The highest BCUT2D eigenvalue weighted by atomic mass is 35.5. The third-order valence-electron chi connectivity index (χ3n) is 6.89. The predicted octanol–water partition coefficient (Wildman–Crippen LogP) is 4.59. The second kappa shape index (κ2) is 10.4. The summed E-state index contributed by atoms with van der Waals surface area (Å²) in [5, 5.41) is 26.7. The first-order valence-electron chi connectivity index (χ1n) is 12.5. The van der Waals surface area contributed by atoms with Crippen LogP contribution in [0.25, 0.3) is 0 Å². The monoisotopic (exact) mass is 565 g/mol. The Bertz CT molecular complexity index is 1570. The number of guanidine groups is 1. The molecule has 0 saturated carbocycles. The molecule has 3 aromatic carbocycles. The summed E-state index contributed by atoms with van der Waals surface area (Å²) in [7, 11) is -3.92. The average Bonchev–Trinajstić information content (AvgIpc) is 2.91. The average molecular weight is 566 g/mol. The molecule has 0 spiro atoms. The molecular weight excluding hydrogens is 538 g/mol. The van der Waals surface area contributed by atoms with Crippen molar-refractivity contribution in [2.75, 3.05) is 16.2 Å². The molecule has 0 unspecified atom stereocenters. The number of para-hydroxylation sites is 1. The fraction of sp³-hybridized carbons (Fsp3) is 0.286. The maximum Gasteiger partial charge on any atom is 0.264 e. The number of aliphatic hydroxyl groups excluding tert-OH is 1. The molecule has 0 aliphatic carbocycles. The normalized spacial score (nSPS) is 20.2. The molecule has 11 heteroatoms. The molecule has 9 nitrogen and oxygen atoms in total. The van der Waals surface area contributed by atoms with Gasteiger partial charge in [0.1, 0.15) is 23.5 Å². The first-order chi connectivity index (χ1) is 18.6. The molecule has 0 saturated heterocycles. The molecule has 2 heterocycles. The SMILES string of the molecule is CC1(C)Oc2ccc(S(=O)(=O)N3CCCc4ccccc43)cc2[C@@H](N=C(NC#N)Nc2ccc(Cl)cc2)[C@@H]1O. The first kappa shape index (κ1) is 26.8. The van der Waals surface area contributed by atoms with Crippen molar-refractivity contribution in [2.45, 2.75) is 49.3 Å². The molecule has 2 aliphatic heterocycles. The van der Waals surface area contributed by atoms with Gasteiger partial charge in [-0.2, -0.15) is 5.26 Å². The zero-order valence-electron chi connectivity index (χ0n) is 21.4. The molecule has 0 fully saturated rings. The van der Waals surface area contributed by atoms with E-state index in [-0.39, 0.29) is 10.9 Å². The number of nitriles is 1. The topological polar surface area (TPSA) is 127 Å². The van der Waals surface area contributed by atoms with E-state index in [9.17, 15) is 18.8 Å². The number of nitrogens with zero attached hydrogens (tertiary/aromatic N) is 3. The zero-order valence-corrected chi connectivity index (χ0v) is 23.0. The maximum atomic E-state index is 13.9. The molecule has 3 aromatic rings. The Morgan fingerprint density at radius 1 is 1.18 bits per heavy atom. The Morgan fingerprint density at radius 2 is 1.92 bits per heavy atom. The van der Waals surface area contributed by atoms with Crippen molar-refractivity contribution in [1.82, 2.24) is 5.32 Å². The molecule has 5 rings (SSSR count). The van der Waals surface area contributed by atoms with Crippen LogP contribution in [0.15, 0.2) is 76.6 Å². The van der Waals surface area contributed by atoms with Gasteiger partial charge in [0.2, 0.25) is 5.96 Å². The Kier molecular flexibility index (Phi) is 7.16. The molecule has 202 valence electrons. The number of nitrogens with one attached hydrogen (secondary N) is 2. The van der Waals surface area contributed by atoms with Crippen molar-refractivity contribution >= 4 is 39.0 Å². The second-order valence-corrected chi connectivity index (χ2v) is 12.2. The van der Waals surface area contributed by atoms with Crippen LogP contribution in [0.5, 0.6) is 5.75 Å². The van der Waals surface area contributed by atoms with Crippen molar-refractivity contribution in [3.05, 3.63) is 82.9 Å². The third kappa shape index (κ3) is 5.26. The number of hydrogen-bond donors (Lipinski definition) is 3. The van der Waals surface area contributed by atoms with E-state index in [4.69, 9.17) is 16.3 Å². The van der Waals surface area contributed by atoms with Crippen molar-refractivity contribution < 1.29 is 18.3 Å². The molecule has 0 radical (unpaired) electrons. The van der Waals surface area contributed by atoms with E-state index >= 15 is 0 Å². The standard InChI is InChI=1S/C28H28ClN5O4S/c1-28(2)26(35)25(33-27(31-17-30)32-20-11-9-19(29)10-12-20)22-16-21(13-14-24(22)38-28)39(36,37)34-15-5-7-18-6-3-4-8-23(18)34/h3-4,6,8-14,16,25-26,35H,5,7,15H2,1-2H3,(H2,31,32,33)/t25-,26+/m1/s1. The van der Waals surface area contributed by atoms with Gasteiger partial charge in [0.25, 0.3) is 10.0 Å². The van der Waals surface area contributed by atoms with Gasteiger partial charge in [0.05, 0.1) is 10.6 Å². The van der Waals surface area contributed by atoms with Gasteiger partial charge >= 0.3 is 0 Å². The van der Waals surface area contributed by atoms with E-state index in [1.807, 2.05) is 30.5 Å². The summed E-state index contributed by atoms with van der Waals surface area (Å²) in [6, 6.07) is 18.0. The number of aliphatic hydroxyl groups is 1. The molecule has 0 bridgehead atoms. The number of rotatable bonds is 4. The smallest absolute Gasteiger partial charge is 0.264 e. The number of ether oxygens (including phenoxy) is 1. The predicted molar refractivity (Wildman–Crippen MR) is 150 cm³/mol. The van der Waals surface area contributed by atoms with Crippen molar-refractivity contribution in [3.8, 4) is 11.9 Å². The highest BCUT2D eigenvalue weighted by molar-refractivity contribution is 7.92. The van der Waals surface area contributed by atoms with Gasteiger partial charge in [-0.3, -0.25) is 9.62 Å². The largest absolute Gasteiger partial charge is 0.485 e. The lowest BCUT2D eigenvalue weighted by molar-refractivity contribution is -0.0568. The number of aryl methyl sites for hydroxylation is 1. The number of aliphatic imine (C=N–C) groups is 1. The summed E-state index contributed by atoms with van der Waals surface area (Å²) in [6.07, 6.45) is 2.23. The summed E-state index contributed by atoms with van der Waals surface area (Å²) >= 11 is 5.98. The highest BCUT2D eigenvalue weighted by Crippen LogP contribution is 2.43. The van der Waals surface area contributed by atoms with Gasteiger partial charge in [0.15, 0.2) is 6.19 Å². The Hall–Kier alpha value is -3.78. The molecular formula is C28H28ClN5O4S. The van der Waals surface area contributed by atoms with Gasteiger partial charge in [-0.1, -0.05) is 29.8 Å². The van der Waals surface area contributed by atoms with Crippen LogP contribution >= 0.6 is 11.6 Å². The lowest BCUT2D eigenvalue weighted by Gasteiger charge is -2.41. The van der Waals surface area contributed by atoms with E-state index in [0.29, 0.717) is 40.7 Å². The number of anilines is 2. The van der Waals surface area contributed by atoms with Crippen LogP contribution in [-0.4, -0.2) is 37.7 Å². The second-order valence-electron chi connectivity index (χ2n) is 9.95. The molecule has 39 heavy (non-hydrogen) atoms. The van der Waals surface area contributed by atoms with E-state index in [0.717, 1.165) is 12.0 Å². The van der Waals surface area contributed by atoms with E-state index in [1.165, 1.54) is 16.4 Å². The summed E-state index contributed by atoms with van der Waals surface area (Å²) < 4.78 is 35.2. The highest BCUT2D eigenvalue weighted by Gasteiger charge is 2.44. The van der Waals surface area contributed by atoms with Gasteiger partial charge < -0.3 is 15.2 Å². The van der Waals surface area contributed by atoms with Crippen LogP contribution < -0.4 is 19.7 Å². The van der Waals surface area contributed by atoms with Crippen molar-refractivity contribution in [3.63, 3.8) is 0 Å². The van der Waals surface area contributed by atoms with Crippen LogP contribution in [0.1, 0.15) is 37.4 Å². The number of benzene rings is 3. The van der Waals surface area contributed by atoms with E-state index in [1.54, 1.807) is 44.2 Å². The minimum absolute atomic E-state index is 0.0640. The van der Waals surface area contributed by atoms with Crippen molar-refractivity contribution in [2.24, 2.45) is 4.99 Å². The van der Waals surface area contributed by atoms with Crippen LogP contribution in [0.2, 0.25) is 5.02 Å². The Labute approximate surface area is 232 Å². The van der Waals surface area contributed by atoms with Crippen LogP contribution in [0, 0.1) is 11.5 Å². The number of halogens is 1. The van der Waals surface area contributed by atoms with Crippen LogP contribution in [-0.2, 0) is 16.4 Å². The fourth-order valence-corrected chi connectivity index (χ4v) is 6.58. The van der Waals surface area contributed by atoms with Gasteiger partial charge in [-0.25, -0.2) is 13.4 Å². The van der Waals surface area contributed by atoms with Gasteiger partial charge in [-0.05, 0) is 80.8 Å². The third-order valence-corrected chi connectivity index (χ3v) is 8.95. The molecule has 0 aromatic heterocycles. The lowest BCUT2D eigenvalue weighted by atomic mass is 9.87. The van der Waals surface area contributed by atoms with E-state index < -0.39 is 27.8 Å². The molecule has 3 N–H and O–H groups in total. The zero-order chi connectivity index (χ0) is 27.8. The van der Waals surface area contributed by atoms with Crippen LogP contribution in [0.3, 0.4) is 0 Å². The van der Waals surface area contributed by atoms with Gasteiger partial charge in [0, 0.05) is 22.8 Å². The number of sulfonamides is 1. The number of fused-ring (bicyclic) bond motifs is 2.